The third-order valence-electron chi connectivity index (χ3n) is 1.11. The van der Waals surface area contributed by atoms with E-state index in [1.807, 2.05) is 0 Å². The van der Waals surface area contributed by atoms with Gasteiger partial charge in [-0.3, -0.25) is 5.10 Å². The van der Waals surface area contributed by atoms with Gasteiger partial charge in [0.1, 0.15) is 12.4 Å². The molecule has 1 rings (SSSR count). The van der Waals surface area contributed by atoms with Crippen LogP contribution >= 0.6 is 0 Å². The Bertz CT molecular complexity index is 207. The van der Waals surface area contributed by atoms with Crippen molar-refractivity contribution < 1.29 is 5.11 Å². The maximum Gasteiger partial charge on any atom is 0.167 e. The molecule has 0 radical (unpaired) electrons. The fourth-order valence-corrected chi connectivity index (χ4v) is 0.584. The third kappa shape index (κ3) is 1.31. The summed E-state index contributed by atoms with van der Waals surface area (Å²) in [5.74, 6) is 0.983. The van der Waals surface area contributed by atoms with Crippen LogP contribution in [0.15, 0.2) is 0 Å². The maximum atomic E-state index is 8.56. The summed E-state index contributed by atoms with van der Waals surface area (Å²) in [5.41, 5.74) is 5.46. The lowest BCUT2D eigenvalue weighted by molar-refractivity contribution is 0.271. The second-order valence-electron chi connectivity index (χ2n) is 2.09. The number of aromatic amines is 1. The topological polar surface area (TPSA) is 87.8 Å². The molecule has 0 bridgehead atoms. The average Bonchev–Trinajstić information content (AvgIpc) is 2.34. The number of H-pyrrole nitrogens is 1. The molecule has 0 aliphatic rings. The van der Waals surface area contributed by atoms with E-state index >= 15 is 0 Å². The predicted octanol–water partition coefficient (Wildman–Crippen LogP) is -0.683. The number of rotatable bonds is 2. The first-order chi connectivity index (χ1) is 4.74. The molecule has 1 aromatic heterocycles. The normalized spacial score (nSPS) is 13.5. The van der Waals surface area contributed by atoms with E-state index in [1.54, 1.807) is 6.92 Å². The summed E-state index contributed by atoms with van der Waals surface area (Å²) in [4.78, 5) is 3.89. The highest BCUT2D eigenvalue weighted by Gasteiger charge is 2.04. The smallest absolute Gasteiger partial charge is 0.167 e. The zero-order chi connectivity index (χ0) is 7.56. The minimum Gasteiger partial charge on any atom is -0.388 e. The Morgan fingerprint density at radius 2 is 2.50 bits per heavy atom. The van der Waals surface area contributed by atoms with Crippen LogP contribution in [0.25, 0.3) is 0 Å². The molecule has 1 heterocycles. The molecule has 0 aliphatic heterocycles. The second kappa shape index (κ2) is 2.76. The Morgan fingerprint density at radius 1 is 1.80 bits per heavy atom. The highest BCUT2D eigenvalue weighted by atomic mass is 16.3. The molecular formula is C5H10N4O. The zero-order valence-electron chi connectivity index (χ0n) is 5.70. The third-order valence-corrected chi connectivity index (χ3v) is 1.11. The van der Waals surface area contributed by atoms with Crippen molar-refractivity contribution in [2.75, 3.05) is 0 Å². The van der Waals surface area contributed by atoms with Crippen molar-refractivity contribution in [2.45, 2.75) is 19.6 Å². The molecule has 0 saturated carbocycles. The van der Waals surface area contributed by atoms with Gasteiger partial charge in [-0.25, -0.2) is 4.98 Å². The van der Waals surface area contributed by atoms with Crippen LogP contribution in [0.4, 0.5) is 0 Å². The largest absolute Gasteiger partial charge is 0.388 e. The van der Waals surface area contributed by atoms with E-state index in [-0.39, 0.29) is 12.6 Å². The van der Waals surface area contributed by atoms with E-state index in [9.17, 15) is 0 Å². The Kier molecular flexibility index (Phi) is 1.98. The van der Waals surface area contributed by atoms with E-state index in [2.05, 4.69) is 15.2 Å². The number of aromatic nitrogens is 3. The molecule has 5 nitrogen and oxygen atoms in total. The first kappa shape index (κ1) is 7.17. The van der Waals surface area contributed by atoms with E-state index < -0.39 is 0 Å². The van der Waals surface area contributed by atoms with Crippen molar-refractivity contribution in [1.82, 2.24) is 15.2 Å². The molecule has 56 valence electrons. The summed E-state index contributed by atoms with van der Waals surface area (Å²) >= 11 is 0. The van der Waals surface area contributed by atoms with Gasteiger partial charge < -0.3 is 10.8 Å². The van der Waals surface area contributed by atoms with Crippen LogP contribution in [0.2, 0.25) is 0 Å². The van der Waals surface area contributed by atoms with Crippen LogP contribution in [-0.2, 0) is 6.61 Å². The summed E-state index contributed by atoms with van der Waals surface area (Å²) in [6.45, 7) is 1.66. The van der Waals surface area contributed by atoms with Gasteiger partial charge in [0.25, 0.3) is 0 Å². The summed E-state index contributed by atoms with van der Waals surface area (Å²) in [5, 5.41) is 14.9. The number of nitrogens with two attached hydrogens (primary N) is 1. The molecule has 0 aliphatic carbocycles. The monoisotopic (exact) mass is 142 g/mol. The van der Waals surface area contributed by atoms with Gasteiger partial charge in [-0.2, -0.15) is 5.10 Å². The van der Waals surface area contributed by atoms with E-state index in [0.717, 1.165) is 0 Å². The molecule has 0 spiro atoms. The second-order valence-corrected chi connectivity index (χ2v) is 2.09. The molecule has 0 unspecified atom stereocenters. The summed E-state index contributed by atoms with van der Waals surface area (Å²) in [6, 6.07) is -0.184. The minimum atomic E-state index is -0.184. The molecule has 1 atom stereocenters. The van der Waals surface area contributed by atoms with E-state index in [0.29, 0.717) is 11.6 Å². The van der Waals surface area contributed by atoms with Gasteiger partial charge >= 0.3 is 0 Å². The molecule has 5 heteroatoms. The molecule has 0 saturated heterocycles. The number of hydrogen-bond acceptors (Lipinski definition) is 4. The number of nitrogens with zero attached hydrogens (tertiary/aromatic N) is 2. The molecule has 10 heavy (non-hydrogen) atoms. The molecule has 1 aromatic rings. The van der Waals surface area contributed by atoms with Gasteiger partial charge in [-0.05, 0) is 6.92 Å². The van der Waals surface area contributed by atoms with E-state index in [4.69, 9.17) is 10.8 Å². The lowest BCUT2D eigenvalue weighted by Gasteiger charge is -1.93. The lowest BCUT2D eigenvalue weighted by Crippen LogP contribution is -2.06. The highest BCUT2D eigenvalue weighted by molar-refractivity contribution is 4.92. The Hall–Kier alpha value is -0.940. The van der Waals surface area contributed by atoms with Crippen LogP contribution in [0.5, 0.6) is 0 Å². The predicted molar refractivity (Wildman–Crippen MR) is 34.9 cm³/mol. The van der Waals surface area contributed by atoms with Crippen molar-refractivity contribution in [3.05, 3.63) is 11.6 Å². The van der Waals surface area contributed by atoms with Crippen LogP contribution in [-0.4, -0.2) is 20.3 Å². The van der Waals surface area contributed by atoms with Crippen molar-refractivity contribution in [1.29, 1.82) is 0 Å². The number of hydrogen-bond donors (Lipinski definition) is 3. The summed E-state index contributed by atoms with van der Waals surface area (Å²) < 4.78 is 0. The number of aliphatic hydroxyl groups is 1. The summed E-state index contributed by atoms with van der Waals surface area (Å²) in [7, 11) is 0. The number of nitrogens with one attached hydrogen (secondary N) is 1. The average molecular weight is 142 g/mol. The highest BCUT2D eigenvalue weighted by Crippen LogP contribution is 2.00. The molecule has 0 amide bonds. The van der Waals surface area contributed by atoms with Gasteiger partial charge in [0, 0.05) is 0 Å². The fourth-order valence-electron chi connectivity index (χ4n) is 0.584. The van der Waals surface area contributed by atoms with Crippen LogP contribution < -0.4 is 5.73 Å². The SMILES string of the molecule is C[C@H](N)c1n[nH]c(CO)n1. The van der Waals surface area contributed by atoms with E-state index in [1.165, 1.54) is 0 Å². The minimum absolute atomic E-state index is 0.125. The van der Waals surface area contributed by atoms with Gasteiger partial charge in [0.05, 0.1) is 6.04 Å². The standard InChI is InChI=1S/C5H10N4O/c1-3(6)5-7-4(2-10)8-9-5/h3,10H,2,6H2,1H3,(H,7,8,9)/t3-/m0/s1. The Morgan fingerprint density at radius 3 is 2.80 bits per heavy atom. The quantitative estimate of drug-likeness (QED) is 0.510. The van der Waals surface area contributed by atoms with Crippen LogP contribution in [0.1, 0.15) is 24.6 Å². The molecular weight excluding hydrogens is 132 g/mol. The lowest BCUT2D eigenvalue weighted by atomic mass is 10.3. The maximum absolute atomic E-state index is 8.56. The van der Waals surface area contributed by atoms with Crippen LogP contribution in [0.3, 0.4) is 0 Å². The van der Waals surface area contributed by atoms with Crippen molar-refractivity contribution >= 4 is 0 Å². The molecule has 0 fully saturated rings. The van der Waals surface area contributed by atoms with Crippen molar-refractivity contribution in [2.24, 2.45) is 5.73 Å². The van der Waals surface area contributed by atoms with Crippen LogP contribution in [0, 0.1) is 0 Å². The van der Waals surface area contributed by atoms with Gasteiger partial charge in [0.2, 0.25) is 0 Å². The first-order valence-corrected chi connectivity index (χ1v) is 3.01. The van der Waals surface area contributed by atoms with Crippen molar-refractivity contribution in [3.8, 4) is 0 Å². The van der Waals surface area contributed by atoms with Crippen molar-refractivity contribution in [3.63, 3.8) is 0 Å². The van der Waals surface area contributed by atoms with Gasteiger partial charge in [-0.1, -0.05) is 0 Å². The summed E-state index contributed by atoms with van der Waals surface area (Å²) in [6.07, 6.45) is 0. The van der Waals surface area contributed by atoms with Gasteiger partial charge in [-0.15, -0.1) is 0 Å². The Balaban J connectivity index is 2.78. The molecule has 0 aromatic carbocycles. The van der Waals surface area contributed by atoms with Gasteiger partial charge in [0.15, 0.2) is 5.82 Å². The zero-order valence-corrected chi connectivity index (χ0v) is 5.70. The number of aliphatic hydroxyl groups excluding tert-OH is 1. The Labute approximate surface area is 58.3 Å². The first-order valence-electron chi connectivity index (χ1n) is 3.01. The fraction of sp³-hybridized carbons (Fsp3) is 0.600. The molecule has 4 N–H and O–H groups in total.